The number of allylic oxidation sites excluding steroid dienone is 22. The van der Waals surface area contributed by atoms with E-state index in [0.717, 1.165) is 128 Å². The van der Waals surface area contributed by atoms with E-state index in [-0.39, 0.29) is 31.1 Å². The fourth-order valence-electron chi connectivity index (χ4n) is 8.76. The molecule has 0 aliphatic rings. The van der Waals surface area contributed by atoms with E-state index in [0.29, 0.717) is 25.7 Å². The van der Waals surface area contributed by atoms with Crippen LogP contribution < -0.4 is 0 Å². The molecule has 0 saturated heterocycles. The molecule has 0 N–H and O–H groups in total. The van der Waals surface area contributed by atoms with Gasteiger partial charge in [-0.05, 0) is 122 Å². The van der Waals surface area contributed by atoms with E-state index in [1.807, 2.05) is 0 Å². The van der Waals surface area contributed by atoms with Gasteiger partial charge in [-0.25, -0.2) is 0 Å². The molecule has 0 aromatic rings. The van der Waals surface area contributed by atoms with Crippen LogP contribution in [0.1, 0.15) is 290 Å². The maximum atomic E-state index is 12.9. The van der Waals surface area contributed by atoms with Crippen molar-refractivity contribution in [1.29, 1.82) is 0 Å². The predicted octanol–water partition coefficient (Wildman–Crippen LogP) is 22.5. The van der Waals surface area contributed by atoms with Gasteiger partial charge in [0.05, 0.1) is 0 Å². The SMILES string of the molecule is CC/C=C\C/C=C\C/C=C\C/C=C\C/C=C\C/C=C\C/C=C\C/C=C\CCCCC(=O)OCC(COC(=O)CCCCCCCCCCCCCCC)OC(=O)CCCCCCCC/C=C\C/C=C\C/C=C\CCCCCCC. The number of unbranched alkanes of at least 4 members (excludes halogenated alkanes) is 25. The van der Waals surface area contributed by atoms with Crippen LogP contribution in [0, 0.1) is 0 Å². The van der Waals surface area contributed by atoms with Gasteiger partial charge in [0.2, 0.25) is 0 Å². The van der Waals surface area contributed by atoms with E-state index in [4.69, 9.17) is 14.2 Å². The second-order valence-electron chi connectivity index (χ2n) is 21.3. The van der Waals surface area contributed by atoms with E-state index in [1.165, 1.54) is 116 Å². The fraction of sp³-hybridized carbons (Fsp3) is 0.658. The standard InChI is InChI=1S/C73H120O6/c1-4-7-10-13-16-19-22-25-27-29-31-33-34-35-36-37-38-40-41-43-45-48-51-54-57-60-63-66-72(75)78-69-70(68-77-71(74)65-62-59-56-53-50-47-24-21-18-15-12-9-6-3)79-73(76)67-64-61-58-55-52-49-46-44-42-39-32-30-28-26-23-20-17-14-11-8-5-2/h7,10,16,19,23,25-27,30-33,35-36,38,40,42-45,51,54,70H,4-6,8-9,11-15,17-18,20-22,24,28-29,34,37,39,41,46-50,52-53,55-69H2,1-3H3/b10-7-,19-16-,26-23-,27-25-,32-30-,33-31-,36-35-,40-38-,44-42-,45-43-,54-51-. The van der Waals surface area contributed by atoms with Crippen LogP contribution in [0.5, 0.6) is 0 Å². The van der Waals surface area contributed by atoms with Crippen molar-refractivity contribution in [2.75, 3.05) is 13.2 Å². The van der Waals surface area contributed by atoms with Crippen molar-refractivity contribution in [3.8, 4) is 0 Å². The molecule has 1 unspecified atom stereocenters. The maximum Gasteiger partial charge on any atom is 0.306 e. The van der Waals surface area contributed by atoms with E-state index >= 15 is 0 Å². The molecule has 0 fully saturated rings. The first-order valence-electron chi connectivity index (χ1n) is 32.7. The first-order valence-corrected chi connectivity index (χ1v) is 32.7. The van der Waals surface area contributed by atoms with Crippen LogP contribution >= 0.6 is 0 Å². The summed E-state index contributed by atoms with van der Waals surface area (Å²) in [6, 6.07) is 0. The lowest BCUT2D eigenvalue weighted by atomic mass is 10.0. The van der Waals surface area contributed by atoms with Crippen molar-refractivity contribution < 1.29 is 28.6 Å². The summed E-state index contributed by atoms with van der Waals surface area (Å²) >= 11 is 0. The van der Waals surface area contributed by atoms with Crippen LogP contribution in [0.4, 0.5) is 0 Å². The third-order valence-electron chi connectivity index (χ3n) is 13.6. The highest BCUT2D eigenvalue weighted by atomic mass is 16.6. The fourth-order valence-corrected chi connectivity index (χ4v) is 8.76. The van der Waals surface area contributed by atoms with Gasteiger partial charge in [0.1, 0.15) is 13.2 Å². The summed E-state index contributed by atoms with van der Waals surface area (Å²) in [4.78, 5) is 38.3. The van der Waals surface area contributed by atoms with Gasteiger partial charge < -0.3 is 14.2 Å². The highest BCUT2D eigenvalue weighted by Crippen LogP contribution is 2.15. The van der Waals surface area contributed by atoms with Crippen LogP contribution in [0.2, 0.25) is 0 Å². The largest absolute Gasteiger partial charge is 0.462 e. The molecule has 0 amide bonds. The third kappa shape index (κ3) is 64.3. The zero-order valence-corrected chi connectivity index (χ0v) is 51.3. The maximum absolute atomic E-state index is 12.9. The Morgan fingerprint density at radius 2 is 0.494 bits per heavy atom. The van der Waals surface area contributed by atoms with Crippen molar-refractivity contribution in [1.82, 2.24) is 0 Å². The molecule has 0 aliphatic carbocycles. The summed E-state index contributed by atoms with van der Waals surface area (Å²) in [6.07, 6.45) is 93.1. The third-order valence-corrected chi connectivity index (χ3v) is 13.6. The molecule has 6 nitrogen and oxygen atoms in total. The molecule has 0 saturated carbocycles. The molecule has 0 radical (unpaired) electrons. The molecule has 1 atom stereocenters. The number of carbonyl (C=O) groups is 3. The van der Waals surface area contributed by atoms with Gasteiger partial charge in [-0.1, -0.05) is 283 Å². The molecule has 79 heavy (non-hydrogen) atoms. The Kier molecular flexibility index (Phi) is 62.3. The Hall–Kier alpha value is -4.45. The van der Waals surface area contributed by atoms with E-state index in [2.05, 4.69) is 154 Å². The molecular formula is C73H120O6. The minimum absolute atomic E-state index is 0.0989. The van der Waals surface area contributed by atoms with E-state index in [9.17, 15) is 14.4 Å². The summed E-state index contributed by atoms with van der Waals surface area (Å²) in [5, 5.41) is 0. The Balaban J connectivity index is 4.46. The molecule has 0 spiro atoms. The zero-order valence-electron chi connectivity index (χ0n) is 51.3. The van der Waals surface area contributed by atoms with Crippen molar-refractivity contribution in [2.45, 2.75) is 297 Å². The minimum Gasteiger partial charge on any atom is -0.462 e. The van der Waals surface area contributed by atoms with Gasteiger partial charge >= 0.3 is 17.9 Å². The summed E-state index contributed by atoms with van der Waals surface area (Å²) in [5.74, 6) is -0.954. The number of hydrogen-bond acceptors (Lipinski definition) is 6. The molecule has 448 valence electrons. The molecule has 0 bridgehead atoms. The number of carbonyl (C=O) groups excluding carboxylic acids is 3. The zero-order chi connectivity index (χ0) is 57.1. The van der Waals surface area contributed by atoms with Crippen molar-refractivity contribution in [3.63, 3.8) is 0 Å². The first-order chi connectivity index (χ1) is 39.0. The van der Waals surface area contributed by atoms with Gasteiger partial charge in [0.15, 0.2) is 6.10 Å². The van der Waals surface area contributed by atoms with E-state index in [1.54, 1.807) is 0 Å². The van der Waals surface area contributed by atoms with Crippen LogP contribution in [0.15, 0.2) is 134 Å². The summed E-state index contributed by atoms with van der Waals surface area (Å²) in [7, 11) is 0. The summed E-state index contributed by atoms with van der Waals surface area (Å²) < 4.78 is 16.9. The van der Waals surface area contributed by atoms with Gasteiger partial charge in [0, 0.05) is 19.3 Å². The van der Waals surface area contributed by atoms with Crippen LogP contribution in [-0.2, 0) is 28.6 Å². The molecule has 0 aliphatic heterocycles. The van der Waals surface area contributed by atoms with Crippen LogP contribution in [-0.4, -0.2) is 37.2 Å². The number of ether oxygens (including phenoxy) is 3. The monoisotopic (exact) mass is 1090 g/mol. The Morgan fingerprint density at radius 1 is 0.266 bits per heavy atom. The number of rotatable bonds is 58. The highest BCUT2D eigenvalue weighted by molar-refractivity contribution is 5.71. The number of hydrogen-bond donors (Lipinski definition) is 0. The number of esters is 3. The smallest absolute Gasteiger partial charge is 0.306 e. The van der Waals surface area contributed by atoms with Crippen molar-refractivity contribution in [2.24, 2.45) is 0 Å². The predicted molar refractivity (Wildman–Crippen MR) is 343 cm³/mol. The molecule has 0 aromatic heterocycles. The van der Waals surface area contributed by atoms with Crippen molar-refractivity contribution in [3.05, 3.63) is 134 Å². The molecule has 0 rings (SSSR count). The normalized spacial score (nSPS) is 13.0. The van der Waals surface area contributed by atoms with Crippen LogP contribution in [0.3, 0.4) is 0 Å². The second-order valence-corrected chi connectivity index (χ2v) is 21.3. The first kappa shape index (κ1) is 74.5. The van der Waals surface area contributed by atoms with Gasteiger partial charge in [0.25, 0.3) is 0 Å². The summed E-state index contributed by atoms with van der Waals surface area (Å²) in [5.41, 5.74) is 0. The Morgan fingerprint density at radius 3 is 0.797 bits per heavy atom. The van der Waals surface area contributed by atoms with Gasteiger partial charge in [-0.3, -0.25) is 14.4 Å². The Bertz CT molecular complexity index is 1680. The van der Waals surface area contributed by atoms with Gasteiger partial charge in [-0.2, -0.15) is 0 Å². The average Bonchev–Trinajstić information content (AvgIpc) is 3.45. The molecule has 0 aromatic carbocycles. The average molecular weight is 1090 g/mol. The van der Waals surface area contributed by atoms with Gasteiger partial charge in [-0.15, -0.1) is 0 Å². The lowest BCUT2D eigenvalue weighted by molar-refractivity contribution is -0.167. The van der Waals surface area contributed by atoms with Crippen molar-refractivity contribution >= 4 is 17.9 Å². The quantitative estimate of drug-likeness (QED) is 0.0261. The minimum atomic E-state index is -0.808. The molecule has 6 heteroatoms. The second kappa shape index (κ2) is 66.1. The van der Waals surface area contributed by atoms with Crippen LogP contribution in [0.25, 0.3) is 0 Å². The lowest BCUT2D eigenvalue weighted by Crippen LogP contribution is -2.30. The van der Waals surface area contributed by atoms with E-state index < -0.39 is 6.10 Å². The Labute approximate surface area is 487 Å². The summed E-state index contributed by atoms with van der Waals surface area (Å²) in [6.45, 7) is 6.48. The topological polar surface area (TPSA) is 78.9 Å². The lowest BCUT2D eigenvalue weighted by Gasteiger charge is -2.18. The molecular weight excluding hydrogens is 973 g/mol. The molecule has 0 heterocycles. The highest BCUT2D eigenvalue weighted by Gasteiger charge is 2.19.